The van der Waals surface area contributed by atoms with Gasteiger partial charge in [-0.15, -0.1) is 6.58 Å². The van der Waals surface area contributed by atoms with Crippen LogP contribution in [0.15, 0.2) is 25.0 Å². The molecule has 1 radical (unpaired) electrons. The third-order valence-corrected chi connectivity index (χ3v) is 1.00. The predicted molar refractivity (Wildman–Crippen MR) is 36.9 cm³/mol. The van der Waals surface area contributed by atoms with E-state index in [1.165, 1.54) is 0 Å². The molecule has 0 saturated heterocycles. The Labute approximate surface area is 54.8 Å². The van der Waals surface area contributed by atoms with Gasteiger partial charge in [-0.2, -0.15) is 5.10 Å². The molecule has 1 aromatic heterocycles. The van der Waals surface area contributed by atoms with Gasteiger partial charge >= 0.3 is 0 Å². The highest BCUT2D eigenvalue weighted by Crippen LogP contribution is 1.92. The summed E-state index contributed by atoms with van der Waals surface area (Å²) in [7, 11) is 0. The van der Waals surface area contributed by atoms with Crippen LogP contribution in [0.2, 0.25) is 0 Å². The first-order chi connectivity index (χ1) is 4.33. The molecule has 0 amide bonds. The Morgan fingerprint density at radius 1 is 1.78 bits per heavy atom. The quantitative estimate of drug-likeness (QED) is 0.538. The van der Waals surface area contributed by atoms with Gasteiger partial charge in [0.1, 0.15) is 0 Å². The van der Waals surface area contributed by atoms with E-state index in [0.29, 0.717) is 0 Å². The predicted octanol–water partition coefficient (Wildman–Crippen LogP) is 1.25. The van der Waals surface area contributed by atoms with Crippen molar-refractivity contribution in [3.63, 3.8) is 0 Å². The Bertz CT molecular complexity index is 200. The highest BCUT2D eigenvalue weighted by atomic mass is 15.3. The number of hydrogen-bond donors (Lipinski definition) is 0. The molecule has 1 aromatic rings. The molecule has 0 aromatic carbocycles. The van der Waals surface area contributed by atoms with E-state index in [4.69, 9.17) is 0 Å². The molecule has 1 rings (SSSR count). The van der Waals surface area contributed by atoms with Crippen molar-refractivity contribution in [3.05, 3.63) is 37.5 Å². The van der Waals surface area contributed by atoms with Gasteiger partial charge in [0, 0.05) is 6.20 Å². The first-order valence-electron chi connectivity index (χ1n) is 2.78. The third-order valence-electron chi connectivity index (χ3n) is 1.00. The first-order valence-corrected chi connectivity index (χ1v) is 2.78. The summed E-state index contributed by atoms with van der Waals surface area (Å²) >= 11 is 0. The number of rotatable bonds is 2. The first kappa shape index (κ1) is 6.08. The summed E-state index contributed by atoms with van der Waals surface area (Å²) in [6.45, 7) is 8.05. The van der Waals surface area contributed by atoms with Crippen LogP contribution in [0.1, 0.15) is 5.56 Å². The number of aromatic nitrogens is 2. The van der Waals surface area contributed by atoms with Crippen molar-refractivity contribution in [1.82, 2.24) is 9.78 Å². The summed E-state index contributed by atoms with van der Waals surface area (Å²) < 4.78 is 1.79. The lowest BCUT2D eigenvalue weighted by Gasteiger charge is -1.90. The van der Waals surface area contributed by atoms with Crippen LogP contribution in [0.5, 0.6) is 0 Å². The molecule has 0 aliphatic carbocycles. The Balaban J connectivity index is 2.72. The Kier molecular flexibility index (Phi) is 1.68. The van der Waals surface area contributed by atoms with E-state index >= 15 is 0 Å². The molecule has 2 nitrogen and oxygen atoms in total. The highest BCUT2D eigenvalue weighted by molar-refractivity contribution is 5.07. The maximum absolute atomic E-state index is 3.99. The van der Waals surface area contributed by atoms with Gasteiger partial charge in [0.2, 0.25) is 0 Å². The normalized spacial score (nSPS) is 9.44. The highest BCUT2D eigenvalue weighted by Gasteiger charge is 1.87. The lowest BCUT2D eigenvalue weighted by molar-refractivity contribution is 0.702. The molecule has 0 atom stereocenters. The minimum Gasteiger partial charge on any atom is -0.269 e. The van der Waals surface area contributed by atoms with Crippen molar-refractivity contribution in [2.24, 2.45) is 0 Å². The van der Waals surface area contributed by atoms with Crippen LogP contribution in [-0.4, -0.2) is 9.78 Å². The fraction of sp³-hybridized carbons (Fsp3) is 0.143. The maximum atomic E-state index is 3.99. The average molecular weight is 121 g/mol. The molecule has 0 saturated carbocycles. The van der Waals surface area contributed by atoms with Gasteiger partial charge in [0.05, 0.1) is 12.7 Å². The molecule has 1 heterocycles. The van der Waals surface area contributed by atoms with Gasteiger partial charge in [0.15, 0.2) is 0 Å². The van der Waals surface area contributed by atoms with Crippen LogP contribution in [0.4, 0.5) is 0 Å². The molecule has 0 aliphatic heterocycles. The summed E-state index contributed by atoms with van der Waals surface area (Å²) in [5, 5.41) is 3.99. The van der Waals surface area contributed by atoms with E-state index in [1.54, 1.807) is 17.0 Å². The topological polar surface area (TPSA) is 17.8 Å². The monoisotopic (exact) mass is 121 g/mol. The van der Waals surface area contributed by atoms with Crippen molar-refractivity contribution < 1.29 is 0 Å². The van der Waals surface area contributed by atoms with E-state index in [2.05, 4.69) is 18.6 Å². The van der Waals surface area contributed by atoms with Gasteiger partial charge in [-0.05, 0) is 12.5 Å². The molecule has 0 bridgehead atoms. The summed E-state index contributed by atoms with van der Waals surface area (Å²) in [6.07, 6.45) is 5.40. The fourth-order valence-electron chi connectivity index (χ4n) is 0.639. The molecule has 0 N–H and O–H groups in total. The average Bonchev–Trinajstić information content (AvgIpc) is 2.17. The van der Waals surface area contributed by atoms with Gasteiger partial charge in [0.25, 0.3) is 0 Å². The molecule has 0 spiro atoms. The minimum atomic E-state index is 0.759. The zero-order valence-electron chi connectivity index (χ0n) is 5.25. The lowest BCUT2D eigenvalue weighted by atomic mass is 10.4. The van der Waals surface area contributed by atoms with Crippen molar-refractivity contribution in [3.8, 4) is 0 Å². The molecule has 47 valence electrons. The number of allylic oxidation sites excluding steroid dienone is 1. The van der Waals surface area contributed by atoms with Crippen LogP contribution in [-0.2, 0) is 6.54 Å². The van der Waals surface area contributed by atoms with Crippen LogP contribution < -0.4 is 0 Å². The van der Waals surface area contributed by atoms with Crippen LogP contribution in [0, 0.1) is 6.92 Å². The van der Waals surface area contributed by atoms with E-state index in [1.807, 2.05) is 6.20 Å². The summed E-state index contributed by atoms with van der Waals surface area (Å²) in [4.78, 5) is 0. The molecule has 0 unspecified atom stereocenters. The Hall–Kier alpha value is -1.05. The molecular formula is C7H9N2. The van der Waals surface area contributed by atoms with E-state index in [0.717, 1.165) is 12.1 Å². The standard InChI is InChI=1S/C7H9N2/c1-3-4-9-6-7(2)5-8-9/h3,5-6H,1-2,4H2. The van der Waals surface area contributed by atoms with Gasteiger partial charge in [-0.1, -0.05) is 6.08 Å². The van der Waals surface area contributed by atoms with Gasteiger partial charge in [-0.25, -0.2) is 0 Å². The largest absolute Gasteiger partial charge is 0.269 e. The smallest absolute Gasteiger partial charge is 0.0587 e. The third kappa shape index (κ3) is 1.42. The van der Waals surface area contributed by atoms with Gasteiger partial charge < -0.3 is 0 Å². The Morgan fingerprint density at radius 2 is 2.56 bits per heavy atom. The maximum Gasteiger partial charge on any atom is 0.0587 e. The zero-order valence-corrected chi connectivity index (χ0v) is 5.25. The van der Waals surface area contributed by atoms with Crippen molar-refractivity contribution in [2.75, 3.05) is 0 Å². The second-order valence-electron chi connectivity index (χ2n) is 1.86. The van der Waals surface area contributed by atoms with E-state index in [9.17, 15) is 0 Å². The van der Waals surface area contributed by atoms with Crippen LogP contribution in [0.25, 0.3) is 0 Å². The SMILES string of the molecule is [CH2]c1cnn(CC=C)c1. The number of hydrogen-bond acceptors (Lipinski definition) is 1. The van der Waals surface area contributed by atoms with E-state index in [-0.39, 0.29) is 0 Å². The summed E-state index contributed by atoms with van der Waals surface area (Å²) in [5.41, 5.74) is 0.942. The molecular weight excluding hydrogens is 112 g/mol. The van der Waals surface area contributed by atoms with Crippen molar-refractivity contribution in [2.45, 2.75) is 6.54 Å². The summed E-state index contributed by atoms with van der Waals surface area (Å²) in [6, 6.07) is 0. The van der Waals surface area contributed by atoms with Crippen LogP contribution in [0.3, 0.4) is 0 Å². The molecule has 0 fully saturated rings. The lowest BCUT2D eigenvalue weighted by Crippen LogP contribution is -1.93. The van der Waals surface area contributed by atoms with Crippen molar-refractivity contribution >= 4 is 0 Å². The van der Waals surface area contributed by atoms with Crippen LogP contribution >= 0.6 is 0 Å². The Morgan fingerprint density at radius 3 is 3.00 bits per heavy atom. The number of nitrogens with zero attached hydrogens (tertiary/aromatic N) is 2. The second kappa shape index (κ2) is 2.49. The molecule has 9 heavy (non-hydrogen) atoms. The fourth-order valence-corrected chi connectivity index (χ4v) is 0.639. The molecule has 2 heteroatoms. The van der Waals surface area contributed by atoms with E-state index < -0.39 is 0 Å². The summed E-state index contributed by atoms with van der Waals surface area (Å²) in [5.74, 6) is 0. The van der Waals surface area contributed by atoms with Crippen molar-refractivity contribution in [1.29, 1.82) is 0 Å². The molecule has 0 aliphatic rings. The second-order valence-corrected chi connectivity index (χ2v) is 1.86. The van der Waals surface area contributed by atoms with Gasteiger partial charge in [-0.3, -0.25) is 4.68 Å². The zero-order chi connectivity index (χ0) is 6.69. The minimum absolute atomic E-state index is 0.759.